The van der Waals surface area contributed by atoms with Gasteiger partial charge in [0.2, 0.25) is 0 Å². The van der Waals surface area contributed by atoms with Gasteiger partial charge in [0.05, 0.1) is 11.1 Å². The summed E-state index contributed by atoms with van der Waals surface area (Å²) < 4.78 is 0. The molecule has 0 spiro atoms. The van der Waals surface area contributed by atoms with Crippen molar-refractivity contribution in [1.82, 2.24) is 0 Å². The summed E-state index contributed by atoms with van der Waals surface area (Å²) in [6, 6.07) is 13.6. The molecule has 20 heavy (non-hydrogen) atoms. The van der Waals surface area contributed by atoms with Crippen molar-refractivity contribution in [3.05, 3.63) is 70.8 Å². The molecule has 0 aliphatic carbocycles. The van der Waals surface area contributed by atoms with Crippen molar-refractivity contribution >= 4 is 11.9 Å². The first kappa shape index (κ1) is 13.8. The smallest absolute Gasteiger partial charge is 0.335 e. The quantitative estimate of drug-likeness (QED) is 0.876. The van der Waals surface area contributed by atoms with E-state index in [1.165, 1.54) is 0 Å². The van der Waals surface area contributed by atoms with E-state index in [4.69, 9.17) is 10.2 Å². The molecule has 0 radical (unpaired) electrons. The number of carboxylic acids is 2. The highest BCUT2D eigenvalue weighted by molar-refractivity contribution is 5.88. The van der Waals surface area contributed by atoms with Crippen LogP contribution in [-0.2, 0) is 12.8 Å². The fraction of sp³-hybridized carbons (Fsp3) is 0.125. The summed E-state index contributed by atoms with van der Waals surface area (Å²) in [5.41, 5.74) is 2.52. The van der Waals surface area contributed by atoms with Gasteiger partial charge in [-0.2, -0.15) is 0 Å². The molecule has 102 valence electrons. The van der Waals surface area contributed by atoms with Gasteiger partial charge in [-0.3, -0.25) is 0 Å². The minimum absolute atomic E-state index is 0.265. The van der Waals surface area contributed by atoms with Crippen molar-refractivity contribution in [3.63, 3.8) is 0 Å². The van der Waals surface area contributed by atoms with Gasteiger partial charge in [0.1, 0.15) is 0 Å². The Hall–Kier alpha value is -2.62. The van der Waals surface area contributed by atoms with E-state index in [1.54, 1.807) is 42.5 Å². The maximum absolute atomic E-state index is 10.9. The first-order chi connectivity index (χ1) is 9.56. The molecule has 0 atom stereocenters. The van der Waals surface area contributed by atoms with Gasteiger partial charge in [0.15, 0.2) is 0 Å². The van der Waals surface area contributed by atoms with Gasteiger partial charge in [-0.1, -0.05) is 24.3 Å². The molecular weight excluding hydrogens is 256 g/mol. The van der Waals surface area contributed by atoms with E-state index in [0.29, 0.717) is 6.42 Å². The molecule has 0 aliphatic rings. The molecule has 0 saturated heterocycles. The van der Waals surface area contributed by atoms with Crippen LogP contribution < -0.4 is 0 Å². The minimum Gasteiger partial charge on any atom is -0.478 e. The van der Waals surface area contributed by atoms with E-state index < -0.39 is 11.9 Å². The summed E-state index contributed by atoms with van der Waals surface area (Å²) in [4.78, 5) is 21.6. The molecule has 0 bridgehead atoms. The van der Waals surface area contributed by atoms with E-state index in [9.17, 15) is 9.59 Å². The Morgan fingerprint density at radius 1 is 0.750 bits per heavy atom. The van der Waals surface area contributed by atoms with Crippen LogP contribution in [0.15, 0.2) is 48.5 Å². The second kappa shape index (κ2) is 6.02. The van der Waals surface area contributed by atoms with Gasteiger partial charge in [-0.25, -0.2) is 9.59 Å². The summed E-state index contributed by atoms with van der Waals surface area (Å²) in [5, 5.41) is 17.7. The Kier molecular flexibility index (Phi) is 4.15. The normalized spacial score (nSPS) is 10.2. The molecule has 2 aromatic carbocycles. The summed E-state index contributed by atoms with van der Waals surface area (Å²) in [6.07, 6.45) is 1.45. The predicted molar refractivity (Wildman–Crippen MR) is 74.2 cm³/mol. The Morgan fingerprint density at radius 2 is 1.35 bits per heavy atom. The first-order valence-corrected chi connectivity index (χ1v) is 6.21. The highest BCUT2D eigenvalue weighted by Gasteiger charge is 2.04. The fourth-order valence-corrected chi connectivity index (χ4v) is 1.96. The first-order valence-electron chi connectivity index (χ1n) is 6.21. The van der Waals surface area contributed by atoms with Gasteiger partial charge in [0, 0.05) is 0 Å². The second-order valence-electron chi connectivity index (χ2n) is 4.51. The van der Waals surface area contributed by atoms with Crippen LogP contribution in [-0.4, -0.2) is 22.2 Å². The Balaban J connectivity index is 2.03. The van der Waals surface area contributed by atoms with E-state index in [1.807, 2.05) is 6.07 Å². The number of hydrogen-bond donors (Lipinski definition) is 2. The minimum atomic E-state index is -0.939. The molecule has 2 rings (SSSR count). The average Bonchev–Trinajstić information content (AvgIpc) is 2.46. The molecule has 0 amide bonds. The highest BCUT2D eigenvalue weighted by Crippen LogP contribution is 2.11. The molecular formula is C16H14O4. The number of aromatic carboxylic acids is 2. The Labute approximate surface area is 116 Å². The molecule has 0 aliphatic heterocycles. The lowest BCUT2D eigenvalue weighted by atomic mass is 10.0. The Bertz CT molecular complexity index is 629. The summed E-state index contributed by atoms with van der Waals surface area (Å²) >= 11 is 0. The number of benzene rings is 2. The molecule has 0 heterocycles. The van der Waals surface area contributed by atoms with Gasteiger partial charge in [0.25, 0.3) is 0 Å². The third kappa shape index (κ3) is 3.45. The summed E-state index contributed by atoms with van der Waals surface area (Å²) in [5.74, 6) is -1.87. The lowest BCUT2D eigenvalue weighted by Crippen LogP contribution is -1.99. The molecule has 0 fully saturated rings. The summed E-state index contributed by atoms with van der Waals surface area (Å²) in [6.45, 7) is 0. The molecule has 0 aromatic heterocycles. The van der Waals surface area contributed by atoms with Crippen molar-refractivity contribution in [2.75, 3.05) is 0 Å². The number of rotatable bonds is 5. The van der Waals surface area contributed by atoms with Crippen molar-refractivity contribution in [1.29, 1.82) is 0 Å². The fourth-order valence-electron chi connectivity index (χ4n) is 1.96. The second-order valence-corrected chi connectivity index (χ2v) is 4.51. The molecule has 2 N–H and O–H groups in total. The van der Waals surface area contributed by atoms with E-state index in [2.05, 4.69) is 0 Å². The van der Waals surface area contributed by atoms with Crippen molar-refractivity contribution in [3.8, 4) is 0 Å². The third-order valence-corrected chi connectivity index (χ3v) is 3.08. The van der Waals surface area contributed by atoms with Crippen LogP contribution in [0.2, 0.25) is 0 Å². The third-order valence-electron chi connectivity index (χ3n) is 3.08. The number of carboxylic acid groups (broad SMARTS) is 2. The van der Waals surface area contributed by atoms with Gasteiger partial charge in [-0.05, 0) is 48.2 Å². The maximum atomic E-state index is 10.9. The van der Waals surface area contributed by atoms with Crippen molar-refractivity contribution in [2.45, 2.75) is 12.8 Å². The number of hydrogen-bond acceptors (Lipinski definition) is 2. The predicted octanol–water partition coefficient (Wildman–Crippen LogP) is 2.87. The maximum Gasteiger partial charge on any atom is 0.335 e. The zero-order valence-corrected chi connectivity index (χ0v) is 10.7. The lowest BCUT2D eigenvalue weighted by Gasteiger charge is -2.04. The van der Waals surface area contributed by atoms with Gasteiger partial charge in [-0.15, -0.1) is 0 Å². The monoisotopic (exact) mass is 270 g/mol. The van der Waals surface area contributed by atoms with Crippen molar-refractivity contribution < 1.29 is 19.8 Å². The molecule has 4 nitrogen and oxygen atoms in total. The van der Waals surface area contributed by atoms with Crippen LogP contribution in [0.5, 0.6) is 0 Å². The lowest BCUT2D eigenvalue weighted by molar-refractivity contribution is 0.0686. The standard InChI is InChI=1S/C16H14O4/c17-15(18)13-8-6-11(7-9-13)4-5-12-2-1-3-14(10-12)16(19)20/h1-3,6-10H,4-5H2,(H,17,18)(H,19,20). The summed E-state index contributed by atoms with van der Waals surface area (Å²) in [7, 11) is 0. The van der Waals surface area contributed by atoms with Gasteiger partial charge < -0.3 is 10.2 Å². The van der Waals surface area contributed by atoms with E-state index in [0.717, 1.165) is 17.5 Å². The number of aryl methyl sites for hydroxylation is 2. The number of carbonyl (C=O) groups is 2. The Morgan fingerprint density at radius 3 is 1.95 bits per heavy atom. The van der Waals surface area contributed by atoms with Gasteiger partial charge >= 0.3 is 11.9 Å². The average molecular weight is 270 g/mol. The molecule has 0 unspecified atom stereocenters. The van der Waals surface area contributed by atoms with Crippen LogP contribution in [0.1, 0.15) is 31.8 Å². The van der Waals surface area contributed by atoms with Crippen molar-refractivity contribution in [2.24, 2.45) is 0 Å². The molecule has 2 aromatic rings. The van der Waals surface area contributed by atoms with Crippen LogP contribution in [0.3, 0.4) is 0 Å². The van der Waals surface area contributed by atoms with Crippen LogP contribution in [0, 0.1) is 0 Å². The molecule has 0 saturated carbocycles. The van der Waals surface area contributed by atoms with Crippen LogP contribution >= 0.6 is 0 Å². The zero-order valence-electron chi connectivity index (χ0n) is 10.7. The zero-order chi connectivity index (χ0) is 14.5. The van der Waals surface area contributed by atoms with E-state index >= 15 is 0 Å². The van der Waals surface area contributed by atoms with Crippen LogP contribution in [0.4, 0.5) is 0 Å². The molecule has 4 heteroatoms. The largest absolute Gasteiger partial charge is 0.478 e. The van der Waals surface area contributed by atoms with Crippen LogP contribution in [0.25, 0.3) is 0 Å². The highest BCUT2D eigenvalue weighted by atomic mass is 16.4. The SMILES string of the molecule is O=C(O)c1ccc(CCc2cccc(C(=O)O)c2)cc1. The topological polar surface area (TPSA) is 74.6 Å². The van der Waals surface area contributed by atoms with E-state index in [-0.39, 0.29) is 11.1 Å².